The Morgan fingerprint density at radius 1 is 1.12 bits per heavy atom. The largest absolute Gasteiger partial charge is 0.324 e. The molecule has 0 aliphatic rings. The number of nitrogens with one attached hydrogen (secondary N) is 1. The highest BCUT2D eigenvalue weighted by atomic mass is 35.5. The van der Waals surface area contributed by atoms with Crippen LogP contribution in [0.15, 0.2) is 60.8 Å². The van der Waals surface area contributed by atoms with Gasteiger partial charge >= 0.3 is 0 Å². The number of amides is 1. The Morgan fingerprint density at radius 2 is 1.92 bits per heavy atom. The van der Waals surface area contributed by atoms with Gasteiger partial charge in [0.05, 0.1) is 16.2 Å². The van der Waals surface area contributed by atoms with Gasteiger partial charge in [-0.15, -0.1) is 0 Å². The molecule has 0 aliphatic heterocycles. The number of aromatic nitrogens is 1. The van der Waals surface area contributed by atoms with E-state index in [1.165, 1.54) is 5.56 Å². The first-order chi connectivity index (χ1) is 11.6. The Hall–Kier alpha value is -2.39. The molecule has 0 saturated carbocycles. The molecule has 3 nitrogen and oxygen atoms in total. The number of rotatable bonds is 5. The minimum absolute atomic E-state index is 0.00675. The van der Waals surface area contributed by atoms with E-state index in [9.17, 15) is 4.79 Å². The van der Waals surface area contributed by atoms with Crippen LogP contribution in [0.3, 0.4) is 0 Å². The first kappa shape index (κ1) is 16.5. The molecule has 1 amide bonds. The second-order valence-electron chi connectivity index (χ2n) is 6.04. The predicted octanol–water partition coefficient (Wildman–Crippen LogP) is 5.10. The average molecular weight is 339 g/mol. The van der Waals surface area contributed by atoms with Crippen LogP contribution in [-0.4, -0.2) is 10.9 Å². The van der Waals surface area contributed by atoms with E-state index in [4.69, 9.17) is 11.6 Å². The zero-order valence-electron chi connectivity index (χ0n) is 13.5. The minimum atomic E-state index is -0.00675. The maximum Gasteiger partial charge on any atom is 0.224 e. The predicted molar refractivity (Wildman–Crippen MR) is 99.3 cm³/mol. The second kappa shape index (κ2) is 7.45. The molecule has 4 heteroatoms. The Labute approximate surface area is 146 Å². The summed E-state index contributed by atoms with van der Waals surface area (Å²) in [5.74, 6) is 0.256. The molecule has 3 aromatic rings. The summed E-state index contributed by atoms with van der Waals surface area (Å²) in [6.07, 6.45) is 3.05. The average Bonchev–Trinajstić information content (AvgIpc) is 2.58. The van der Waals surface area contributed by atoms with Gasteiger partial charge in [-0.1, -0.05) is 48.9 Å². The number of hydrogen-bond donors (Lipinski definition) is 1. The fourth-order valence-electron chi connectivity index (χ4n) is 2.85. The van der Waals surface area contributed by atoms with Gasteiger partial charge < -0.3 is 5.32 Å². The summed E-state index contributed by atoms with van der Waals surface area (Å²) in [5.41, 5.74) is 2.66. The van der Waals surface area contributed by atoms with Crippen LogP contribution in [0.5, 0.6) is 0 Å². The molecule has 122 valence electrons. The maximum absolute atomic E-state index is 12.4. The van der Waals surface area contributed by atoms with Gasteiger partial charge in [-0.2, -0.15) is 0 Å². The van der Waals surface area contributed by atoms with Crippen molar-refractivity contribution in [2.45, 2.75) is 19.8 Å². The molecular formula is C20H19ClN2O. The van der Waals surface area contributed by atoms with E-state index in [-0.39, 0.29) is 11.8 Å². The monoisotopic (exact) mass is 338 g/mol. The Bertz CT molecular complexity index is 849. The molecule has 1 atom stereocenters. The number of hydrogen-bond acceptors (Lipinski definition) is 2. The number of carbonyl (C=O) groups is 1. The standard InChI is InChI=1S/C20H19ClN2O/c1-14(12-15-6-3-2-4-7-15)13-19(24)23-18-10-9-17(21)16-8-5-11-22-20(16)18/h2-11,14H,12-13H2,1H3,(H,23,24). The van der Waals surface area contributed by atoms with Gasteiger partial charge in [0, 0.05) is 18.0 Å². The van der Waals surface area contributed by atoms with Crippen molar-refractivity contribution in [1.29, 1.82) is 0 Å². The van der Waals surface area contributed by atoms with Gasteiger partial charge in [-0.25, -0.2) is 0 Å². The number of nitrogens with zero attached hydrogens (tertiary/aromatic N) is 1. The molecule has 0 radical (unpaired) electrons. The van der Waals surface area contributed by atoms with Crippen LogP contribution in [0.25, 0.3) is 10.9 Å². The maximum atomic E-state index is 12.4. The van der Waals surface area contributed by atoms with E-state index in [1.807, 2.05) is 30.3 Å². The summed E-state index contributed by atoms with van der Waals surface area (Å²) in [5, 5.41) is 4.44. The van der Waals surface area contributed by atoms with Crippen LogP contribution < -0.4 is 5.32 Å². The van der Waals surface area contributed by atoms with E-state index in [0.717, 1.165) is 11.8 Å². The molecule has 0 fully saturated rings. The lowest BCUT2D eigenvalue weighted by molar-refractivity contribution is -0.116. The molecule has 2 aromatic carbocycles. The van der Waals surface area contributed by atoms with E-state index in [2.05, 4.69) is 29.4 Å². The SMILES string of the molecule is CC(CC(=O)Nc1ccc(Cl)c2cccnc12)Cc1ccccc1. The molecule has 1 aromatic heterocycles. The van der Waals surface area contributed by atoms with Gasteiger partial charge in [0.2, 0.25) is 5.91 Å². The van der Waals surface area contributed by atoms with Crippen molar-refractivity contribution in [1.82, 2.24) is 4.98 Å². The Kier molecular flexibility index (Phi) is 5.11. The smallest absolute Gasteiger partial charge is 0.224 e. The van der Waals surface area contributed by atoms with E-state index >= 15 is 0 Å². The fourth-order valence-corrected chi connectivity index (χ4v) is 3.06. The quantitative estimate of drug-likeness (QED) is 0.703. The van der Waals surface area contributed by atoms with Gasteiger partial charge in [0.1, 0.15) is 0 Å². The Morgan fingerprint density at radius 3 is 2.71 bits per heavy atom. The molecule has 24 heavy (non-hydrogen) atoms. The van der Waals surface area contributed by atoms with Crippen molar-refractivity contribution in [3.05, 3.63) is 71.4 Å². The number of benzene rings is 2. The number of halogens is 1. The van der Waals surface area contributed by atoms with Gasteiger partial charge in [0.15, 0.2) is 0 Å². The van der Waals surface area contributed by atoms with Crippen LogP contribution in [0, 0.1) is 5.92 Å². The highest BCUT2D eigenvalue weighted by molar-refractivity contribution is 6.35. The molecule has 3 rings (SSSR count). The lowest BCUT2D eigenvalue weighted by Crippen LogP contribution is -2.16. The summed E-state index contributed by atoms with van der Waals surface area (Å²) in [4.78, 5) is 16.7. The number of anilines is 1. The lowest BCUT2D eigenvalue weighted by Gasteiger charge is -2.13. The first-order valence-corrected chi connectivity index (χ1v) is 8.38. The second-order valence-corrected chi connectivity index (χ2v) is 6.45. The van der Waals surface area contributed by atoms with Crippen molar-refractivity contribution in [3.63, 3.8) is 0 Å². The van der Waals surface area contributed by atoms with Crippen LogP contribution in [0.4, 0.5) is 5.69 Å². The lowest BCUT2D eigenvalue weighted by atomic mass is 9.98. The molecule has 1 heterocycles. The summed E-state index contributed by atoms with van der Waals surface area (Å²) >= 11 is 6.19. The molecule has 1 N–H and O–H groups in total. The van der Waals surface area contributed by atoms with Crippen LogP contribution in [0.1, 0.15) is 18.9 Å². The van der Waals surface area contributed by atoms with Gasteiger partial charge in [0.25, 0.3) is 0 Å². The van der Waals surface area contributed by atoms with Crippen LogP contribution >= 0.6 is 11.6 Å². The third-order valence-corrected chi connectivity index (χ3v) is 4.28. The van der Waals surface area contributed by atoms with Crippen LogP contribution in [-0.2, 0) is 11.2 Å². The molecule has 0 aliphatic carbocycles. The molecule has 0 saturated heterocycles. The topological polar surface area (TPSA) is 42.0 Å². The summed E-state index contributed by atoms with van der Waals surface area (Å²) in [6.45, 7) is 2.09. The van der Waals surface area contributed by atoms with Crippen molar-refractivity contribution in [3.8, 4) is 0 Å². The van der Waals surface area contributed by atoms with E-state index in [1.54, 1.807) is 18.3 Å². The van der Waals surface area contributed by atoms with Crippen molar-refractivity contribution < 1.29 is 4.79 Å². The van der Waals surface area contributed by atoms with Crippen molar-refractivity contribution in [2.75, 3.05) is 5.32 Å². The number of carbonyl (C=O) groups excluding carboxylic acids is 1. The van der Waals surface area contributed by atoms with Crippen molar-refractivity contribution >= 4 is 34.1 Å². The highest BCUT2D eigenvalue weighted by Gasteiger charge is 2.12. The number of fused-ring (bicyclic) bond motifs is 1. The normalized spacial score (nSPS) is 12.1. The highest BCUT2D eigenvalue weighted by Crippen LogP contribution is 2.28. The third-order valence-electron chi connectivity index (χ3n) is 3.95. The van der Waals surface area contributed by atoms with E-state index in [0.29, 0.717) is 22.6 Å². The summed E-state index contributed by atoms with van der Waals surface area (Å²) in [7, 11) is 0. The summed E-state index contributed by atoms with van der Waals surface area (Å²) in [6, 6.07) is 17.5. The molecule has 0 bridgehead atoms. The van der Waals surface area contributed by atoms with Crippen LogP contribution in [0.2, 0.25) is 5.02 Å². The molecule has 0 spiro atoms. The summed E-state index contributed by atoms with van der Waals surface area (Å²) < 4.78 is 0. The van der Waals surface area contributed by atoms with Crippen molar-refractivity contribution in [2.24, 2.45) is 5.92 Å². The first-order valence-electron chi connectivity index (χ1n) is 8.00. The molecule has 1 unspecified atom stereocenters. The minimum Gasteiger partial charge on any atom is -0.324 e. The zero-order chi connectivity index (χ0) is 16.9. The third kappa shape index (κ3) is 3.92. The fraction of sp³-hybridized carbons (Fsp3) is 0.200. The number of pyridine rings is 1. The van der Waals surface area contributed by atoms with Gasteiger partial charge in [-0.05, 0) is 42.2 Å². The Balaban J connectivity index is 1.68. The zero-order valence-corrected chi connectivity index (χ0v) is 14.3. The molecular weight excluding hydrogens is 320 g/mol. The van der Waals surface area contributed by atoms with Gasteiger partial charge in [-0.3, -0.25) is 9.78 Å². The van der Waals surface area contributed by atoms with E-state index < -0.39 is 0 Å².